The lowest BCUT2D eigenvalue weighted by Crippen LogP contribution is -2.50. The molecular weight excluding hydrogens is 326 g/mol. The summed E-state index contributed by atoms with van der Waals surface area (Å²) in [6, 6.07) is 2.53. The highest BCUT2D eigenvalue weighted by Gasteiger charge is 2.38. The van der Waals surface area contributed by atoms with Crippen LogP contribution in [0.4, 0.5) is 5.69 Å². The molecule has 0 spiro atoms. The second-order valence-electron chi connectivity index (χ2n) is 8.51. The molecule has 1 amide bonds. The van der Waals surface area contributed by atoms with Crippen LogP contribution in [-0.2, 0) is 0 Å². The zero-order valence-corrected chi connectivity index (χ0v) is 15.3. The van der Waals surface area contributed by atoms with Crippen molar-refractivity contribution >= 4 is 22.6 Å². The first-order valence-corrected chi connectivity index (χ1v) is 9.89. The van der Waals surface area contributed by atoms with E-state index < -0.39 is 0 Å². The quantitative estimate of drug-likeness (QED) is 0.790. The Morgan fingerprint density at radius 3 is 2.88 bits per heavy atom. The van der Waals surface area contributed by atoms with E-state index in [4.69, 9.17) is 0 Å². The first-order chi connectivity index (χ1) is 12.6. The van der Waals surface area contributed by atoms with Gasteiger partial charge in [-0.15, -0.1) is 0 Å². The second kappa shape index (κ2) is 5.98. The summed E-state index contributed by atoms with van der Waals surface area (Å²) in [5, 5.41) is 7.85. The molecule has 6 nitrogen and oxygen atoms in total. The molecule has 2 saturated carbocycles. The van der Waals surface area contributed by atoms with Gasteiger partial charge in [0.2, 0.25) is 0 Å². The van der Waals surface area contributed by atoms with E-state index in [-0.39, 0.29) is 5.91 Å². The van der Waals surface area contributed by atoms with Crippen LogP contribution >= 0.6 is 0 Å². The van der Waals surface area contributed by atoms with Crippen LogP contribution in [0.25, 0.3) is 11.0 Å². The smallest absolute Gasteiger partial charge is 0.256 e. The van der Waals surface area contributed by atoms with E-state index in [1.165, 1.54) is 38.5 Å². The molecule has 6 heteroatoms. The van der Waals surface area contributed by atoms with Crippen molar-refractivity contribution < 1.29 is 4.79 Å². The van der Waals surface area contributed by atoms with Gasteiger partial charge in [0, 0.05) is 29.4 Å². The molecule has 26 heavy (non-hydrogen) atoms. The fourth-order valence-corrected chi connectivity index (χ4v) is 4.53. The van der Waals surface area contributed by atoms with E-state index >= 15 is 0 Å². The van der Waals surface area contributed by atoms with Crippen molar-refractivity contribution in [2.24, 2.45) is 5.92 Å². The minimum Gasteiger partial charge on any atom is -0.350 e. The molecule has 2 aromatic heterocycles. The van der Waals surface area contributed by atoms with Crippen LogP contribution in [0.2, 0.25) is 0 Å². The minimum atomic E-state index is -0.0117. The molecule has 138 valence electrons. The third kappa shape index (κ3) is 2.76. The molecule has 2 aromatic rings. The summed E-state index contributed by atoms with van der Waals surface area (Å²) in [5.41, 5.74) is 3.06. The molecule has 3 aliphatic rings. The van der Waals surface area contributed by atoms with Gasteiger partial charge in [-0.1, -0.05) is 0 Å². The lowest BCUT2D eigenvalue weighted by molar-refractivity contribution is 0.0944. The van der Waals surface area contributed by atoms with E-state index in [2.05, 4.69) is 32.4 Å². The van der Waals surface area contributed by atoms with Gasteiger partial charge >= 0.3 is 0 Å². The second-order valence-corrected chi connectivity index (χ2v) is 8.51. The number of amides is 1. The Balaban J connectivity index is 1.33. The van der Waals surface area contributed by atoms with Crippen LogP contribution in [0, 0.1) is 5.92 Å². The van der Waals surface area contributed by atoms with Gasteiger partial charge in [-0.2, -0.15) is 0 Å². The van der Waals surface area contributed by atoms with Crippen LogP contribution in [0.1, 0.15) is 55.8 Å². The summed E-state index contributed by atoms with van der Waals surface area (Å²) in [5.74, 6) is 0.773. The normalized spacial score (nSPS) is 27.3. The Morgan fingerprint density at radius 2 is 2.12 bits per heavy atom. The molecule has 5 rings (SSSR count). The maximum Gasteiger partial charge on any atom is 0.256 e. The standard InChI is InChI=1S/C20H27N5O/c1-20(7-8-20)24-10-13-2-4-14(5-3-13)25-12-23-19(26)16-11-22-18-15(17(16)25)6-9-21-18/h6,9,11,13-14,24H,2-5,7-8,10,12H2,1H3,(H,21,22)(H,23,26). The molecule has 0 bridgehead atoms. The summed E-state index contributed by atoms with van der Waals surface area (Å²) in [6.07, 6.45) is 11.2. The monoisotopic (exact) mass is 353 g/mol. The van der Waals surface area contributed by atoms with Gasteiger partial charge in [-0.05, 0) is 64.0 Å². The first kappa shape index (κ1) is 16.1. The highest BCUT2D eigenvalue weighted by atomic mass is 16.2. The van der Waals surface area contributed by atoms with Gasteiger partial charge in [0.15, 0.2) is 0 Å². The highest BCUT2D eigenvalue weighted by molar-refractivity contribution is 6.08. The van der Waals surface area contributed by atoms with Gasteiger partial charge in [-0.3, -0.25) is 4.79 Å². The van der Waals surface area contributed by atoms with Crippen molar-refractivity contribution in [1.82, 2.24) is 20.6 Å². The molecule has 0 atom stereocenters. The topological polar surface area (TPSA) is 73.0 Å². The van der Waals surface area contributed by atoms with Gasteiger partial charge in [0.1, 0.15) is 5.65 Å². The lowest BCUT2D eigenvalue weighted by Gasteiger charge is -2.41. The number of carbonyl (C=O) groups is 1. The van der Waals surface area contributed by atoms with E-state index in [1.54, 1.807) is 6.20 Å². The lowest BCUT2D eigenvalue weighted by atomic mass is 9.84. The van der Waals surface area contributed by atoms with Gasteiger partial charge < -0.3 is 20.5 Å². The van der Waals surface area contributed by atoms with E-state index in [9.17, 15) is 4.79 Å². The SMILES string of the molecule is CC1(NCC2CCC(N3CNC(=O)c4cnc5[nH]ccc5c43)CC2)CC1. The van der Waals surface area contributed by atoms with Crippen LogP contribution in [0.3, 0.4) is 0 Å². The highest BCUT2D eigenvalue weighted by Crippen LogP contribution is 2.38. The van der Waals surface area contributed by atoms with Gasteiger partial charge in [0.05, 0.1) is 17.9 Å². The average Bonchev–Trinajstić information content (AvgIpc) is 3.20. The molecular formula is C20H27N5O. The summed E-state index contributed by atoms with van der Waals surface area (Å²) in [7, 11) is 0. The molecule has 0 unspecified atom stereocenters. The number of pyridine rings is 1. The predicted octanol–water partition coefficient (Wildman–Crippen LogP) is 2.77. The van der Waals surface area contributed by atoms with E-state index in [0.29, 0.717) is 23.8 Å². The first-order valence-electron chi connectivity index (χ1n) is 9.89. The number of hydrogen-bond acceptors (Lipinski definition) is 4. The number of rotatable bonds is 4. The third-order valence-corrected chi connectivity index (χ3v) is 6.57. The van der Waals surface area contributed by atoms with Gasteiger partial charge in [-0.25, -0.2) is 4.98 Å². The van der Waals surface area contributed by atoms with Crippen LogP contribution in [0.15, 0.2) is 18.5 Å². The molecule has 3 N–H and O–H groups in total. The zero-order valence-electron chi connectivity index (χ0n) is 15.3. The summed E-state index contributed by atoms with van der Waals surface area (Å²) in [4.78, 5) is 22.3. The van der Waals surface area contributed by atoms with Crippen LogP contribution in [0.5, 0.6) is 0 Å². The van der Waals surface area contributed by atoms with Crippen molar-refractivity contribution in [1.29, 1.82) is 0 Å². The maximum atomic E-state index is 12.3. The summed E-state index contributed by atoms with van der Waals surface area (Å²) in [6.45, 7) is 4.09. The van der Waals surface area contributed by atoms with Crippen molar-refractivity contribution in [3.8, 4) is 0 Å². The molecule has 0 radical (unpaired) electrons. The molecule has 2 aliphatic carbocycles. The van der Waals surface area contributed by atoms with E-state index in [1.807, 2.05) is 12.3 Å². The number of anilines is 1. The molecule has 0 aromatic carbocycles. The average molecular weight is 353 g/mol. The van der Waals surface area contributed by atoms with Gasteiger partial charge in [0.25, 0.3) is 5.91 Å². The Morgan fingerprint density at radius 1 is 1.31 bits per heavy atom. The summed E-state index contributed by atoms with van der Waals surface area (Å²) < 4.78 is 0. The number of nitrogens with one attached hydrogen (secondary N) is 3. The Hall–Kier alpha value is -2.08. The maximum absolute atomic E-state index is 12.3. The van der Waals surface area contributed by atoms with Crippen LogP contribution < -0.4 is 15.5 Å². The third-order valence-electron chi connectivity index (χ3n) is 6.57. The Labute approximate surface area is 153 Å². The number of hydrogen-bond donors (Lipinski definition) is 3. The Bertz CT molecular complexity index is 832. The molecule has 3 heterocycles. The fourth-order valence-electron chi connectivity index (χ4n) is 4.53. The number of aromatic nitrogens is 2. The minimum absolute atomic E-state index is 0.0117. The van der Waals surface area contributed by atoms with Crippen molar-refractivity contribution in [2.75, 3.05) is 18.1 Å². The fraction of sp³-hybridized carbons (Fsp3) is 0.600. The Kier molecular flexibility index (Phi) is 3.71. The summed E-state index contributed by atoms with van der Waals surface area (Å²) >= 11 is 0. The van der Waals surface area contributed by atoms with Crippen molar-refractivity contribution in [3.63, 3.8) is 0 Å². The largest absolute Gasteiger partial charge is 0.350 e. The number of fused-ring (bicyclic) bond motifs is 3. The van der Waals surface area contributed by atoms with Crippen molar-refractivity contribution in [3.05, 3.63) is 24.0 Å². The molecule has 0 saturated heterocycles. The number of nitrogens with zero attached hydrogens (tertiary/aromatic N) is 2. The number of H-pyrrole nitrogens is 1. The van der Waals surface area contributed by atoms with Crippen molar-refractivity contribution in [2.45, 2.75) is 57.0 Å². The molecule has 2 fully saturated rings. The molecule has 1 aliphatic heterocycles. The number of aromatic amines is 1. The zero-order chi connectivity index (χ0) is 17.7. The predicted molar refractivity (Wildman–Crippen MR) is 102 cm³/mol. The van der Waals surface area contributed by atoms with Crippen LogP contribution in [-0.4, -0.2) is 40.7 Å². The number of carbonyl (C=O) groups excluding carboxylic acids is 1. The van der Waals surface area contributed by atoms with E-state index in [0.717, 1.165) is 29.2 Å².